The monoisotopic (exact) mass is 458 g/mol. The molecule has 0 bridgehead atoms. The maximum absolute atomic E-state index is 13.2. The second kappa shape index (κ2) is 8.49. The number of hydrogen-bond acceptors (Lipinski definition) is 6. The Bertz CT molecular complexity index is 1020. The van der Waals surface area contributed by atoms with Crippen molar-refractivity contribution in [2.75, 3.05) is 45.5 Å². The average molecular weight is 459 g/mol. The molecular weight excluding hydrogens is 433 g/mol. The number of rotatable bonds is 5. The van der Waals surface area contributed by atoms with Crippen molar-refractivity contribution in [1.29, 1.82) is 0 Å². The first-order valence-electron chi connectivity index (χ1n) is 10.1. The molecule has 1 atom stereocenters. The lowest BCUT2D eigenvalue weighted by Crippen LogP contribution is -2.50. The number of benzene rings is 1. The van der Waals surface area contributed by atoms with Crippen molar-refractivity contribution in [2.24, 2.45) is 0 Å². The molecule has 2 saturated heterocycles. The van der Waals surface area contributed by atoms with Gasteiger partial charge in [0.1, 0.15) is 0 Å². The van der Waals surface area contributed by atoms with Crippen LogP contribution < -0.4 is 0 Å². The normalized spacial score (nSPS) is 23.4. The Morgan fingerprint density at radius 3 is 2.52 bits per heavy atom. The summed E-state index contributed by atoms with van der Waals surface area (Å²) in [5, 5.41) is 7.89. The minimum absolute atomic E-state index is 0.0626. The summed E-state index contributed by atoms with van der Waals surface area (Å²) in [4.78, 5) is 4.43. The van der Waals surface area contributed by atoms with Gasteiger partial charge in [-0.05, 0) is 18.7 Å². The third-order valence-corrected chi connectivity index (χ3v) is 7.72. The Labute approximate surface area is 179 Å². The van der Waals surface area contributed by atoms with Crippen LogP contribution in [-0.4, -0.2) is 89.1 Å². The molecule has 3 heterocycles. The van der Waals surface area contributed by atoms with E-state index in [2.05, 4.69) is 20.1 Å². The second-order valence-electron chi connectivity index (χ2n) is 8.13. The summed E-state index contributed by atoms with van der Waals surface area (Å²) in [6, 6.07) is 5.25. The van der Waals surface area contributed by atoms with Gasteiger partial charge in [0.15, 0.2) is 0 Å². The number of nitrogens with zero attached hydrogens (tertiary/aromatic N) is 6. The summed E-state index contributed by atoms with van der Waals surface area (Å²) in [6.07, 6.45) is -2.95. The molecule has 12 heteroatoms. The molecule has 0 aliphatic carbocycles. The van der Waals surface area contributed by atoms with Gasteiger partial charge in [-0.1, -0.05) is 23.4 Å². The van der Waals surface area contributed by atoms with E-state index >= 15 is 0 Å². The molecule has 8 nitrogen and oxygen atoms in total. The molecule has 2 aliphatic rings. The topological polar surface area (TPSA) is 74.6 Å². The molecule has 1 aromatic heterocycles. The maximum atomic E-state index is 13.2. The van der Waals surface area contributed by atoms with Crippen LogP contribution in [0.1, 0.15) is 16.8 Å². The van der Waals surface area contributed by atoms with Crippen LogP contribution in [0.3, 0.4) is 0 Å². The molecule has 0 radical (unpaired) electrons. The predicted molar refractivity (Wildman–Crippen MR) is 108 cm³/mol. The van der Waals surface area contributed by atoms with E-state index in [1.54, 1.807) is 0 Å². The van der Waals surface area contributed by atoms with E-state index in [-0.39, 0.29) is 30.4 Å². The number of piperazine rings is 1. The lowest BCUT2D eigenvalue weighted by Gasteiger charge is -2.35. The van der Waals surface area contributed by atoms with E-state index in [1.165, 1.54) is 33.4 Å². The molecule has 0 saturated carbocycles. The van der Waals surface area contributed by atoms with Crippen LogP contribution in [0.4, 0.5) is 13.2 Å². The van der Waals surface area contributed by atoms with Crippen molar-refractivity contribution in [2.45, 2.75) is 25.3 Å². The molecule has 170 valence electrons. The standard InChI is InChI=1S/C19H25F3N6O2S/c1-25-6-8-26(9-7-25)17-13-28(31(29,30)14-17)12-16-11-27(24-23-16)10-15-4-2-3-5-18(15)19(20,21)22/h2-5,11,17H,6-10,12-14H2,1H3. The van der Waals surface area contributed by atoms with Crippen LogP contribution in [-0.2, 0) is 29.3 Å². The lowest BCUT2D eigenvalue weighted by molar-refractivity contribution is -0.138. The first-order valence-corrected chi connectivity index (χ1v) is 11.7. The van der Waals surface area contributed by atoms with Gasteiger partial charge in [0.25, 0.3) is 0 Å². The fourth-order valence-electron chi connectivity index (χ4n) is 4.10. The van der Waals surface area contributed by atoms with Gasteiger partial charge >= 0.3 is 6.18 Å². The summed E-state index contributed by atoms with van der Waals surface area (Å²) < 4.78 is 67.6. The van der Waals surface area contributed by atoms with E-state index in [0.717, 1.165) is 32.2 Å². The highest BCUT2D eigenvalue weighted by molar-refractivity contribution is 7.89. The molecule has 31 heavy (non-hydrogen) atoms. The Balaban J connectivity index is 1.42. The number of alkyl halides is 3. The maximum Gasteiger partial charge on any atom is 0.416 e. The molecule has 4 rings (SSSR count). The van der Waals surface area contributed by atoms with E-state index in [4.69, 9.17) is 0 Å². The van der Waals surface area contributed by atoms with E-state index < -0.39 is 21.8 Å². The van der Waals surface area contributed by atoms with Gasteiger partial charge in [0.05, 0.1) is 36.3 Å². The predicted octanol–water partition coefficient (Wildman–Crippen LogP) is 1.11. The van der Waals surface area contributed by atoms with Crippen LogP contribution in [0.2, 0.25) is 0 Å². The summed E-state index contributed by atoms with van der Waals surface area (Å²) in [5.74, 6) is 0.0732. The minimum Gasteiger partial charge on any atom is -0.304 e. The van der Waals surface area contributed by atoms with Crippen LogP contribution in [0.5, 0.6) is 0 Å². The Morgan fingerprint density at radius 1 is 1.10 bits per heavy atom. The van der Waals surface area contributed by atoms with Crippen molar-refractivity contribution in [3.05, 3.63) is 47.3 Å². The molecule has 2 fully saturated rings. The SMILES string of the molecule is CN1CCN(C2CN(Cc3cn(Cc4ccccc4C(F)(F)F)nn3)S(=O)(=O)C2)CC1. The number of halogens is 3. The number of aromatic nitrogens is 3. The second-order valence-corrected chi connectivity index (χ2v) is 10.1. The fourth-order valence-corrected chi connectivity index (χ4v) is 5.84. The fraction of sp³-hybridized carbons (Fsp3) is 0.579. The summed E-state index contributed by atoms with van der Waals surface area (Å²) >= 11 is 0. The van der Waals surface area contributed by atoms with Gasteiger partial charge in [0, 0.05) is 38.8 Å². The molecule has 2 aliphatic heterocycles. The van der Waals surface area contributed by atoms with Crippen LogP contribution in [0.15, 0.2) is 30.5 Å². The molecule has 0 N–H and O–H groups in total. The molecule has 2 aromatic rings. The van der Waals surface area contributed by atoms with Gasteiger partial charge in [-0.15, -0.1) is 5.10 Å². The quantitative estimate of drug-likeness (QED) is 0.668. The number of hydrogen-bond donors (Lipinski definition) is 0. The van der Waals surface area contributed by atoms with Gasteiger partial charge < -0.3 is 4.90 Å². The highest BCUT2D eigenvalue weighted by Gasteiger charge is 2.40. The van der Waals surface area contributed by atoms with Crippen LogP contribution in [0, 0.1) is 0 Å². The Morgan fingerprint density at radius 2 is 1.81 bits per heavy atom. The largest absolute Gasteiger partial charge is 0.416 e. The minimum atomic E-state index is -4.46. The average Bonchev–Trinajstić information content (AvgIpc) is 3.26. The number of likely N-dealkylation sites (N-methyl/N-ethyl adjacent to an activating group) is 1. The Kier molecular flexibility index (Phi) is 6.08. The summed E-state index contributed by atoms with van der Waals surface area (Å²) in [5.41, 5.74) is -0.230. The van der Waals surface area contributed by atoms with Gasteiger partial charge in [-0.25, -0.2) is 13.1 Å². The highest BCUT2D eigenvalue weighted by atomic mass is 32.2. The van der Waals surface area contributed by atoms with Gasteiger partial charge in [0.2, 0.25) is 10.0 Å². The number of sulfonamides is 1. The van der Waals surface area contributed by atoms with Gasteiger partial charge in [-0.3, -0.25) is 4.90 Å². The van der Waals surface area contributed by atoms with Gasteiger partial charge in [-0.2, -0.15) is 17.5 Å². The van der Waals surface area contributed by atoms with E-state index in [0.29, 0.717) is 12.2 Å². The molecule has 1 unspecified atom stereocenters. The molecular formula is C19H25F3N6O2S. The lowest BCUT2D eigenvalue weighted by atomic mass is 10.1. The third-order valence-electron chi connectivity index (χ3n) is 5.84. The van der Waals surface area contributed by atoms with Crippen molar-refractivity contribution in [1.82, 2.24) is 29.1 Å². The zero-order chi connectivity index (χ0) is 22.2. The molecule has 1 aromatic carbocycles. The first-order chi connectivity index (χ1) is 14.6. The first kappa shape index (κ1) is 22.2. The van der Waals surface area contributed by atoms with E-state index in [9.17, 15) is 21.6 Å². The van der Waals surface area contributed by atoms with Crippen LogP contribution in [0.25, 0.3) is 0 Å². The van der Waals surface area contributed by atoms with E-state index in [1.807, 2.05) is 7.05 Å². The Hall–Kier alpha value is -2.02. The van der Waals surface area contributed by atoms with Crippen molar-refractivity contribution in [3.8, 4) is 0 Å². The van der Waals surface area contributed by atoms with Crippen molar-refractivity contribution < 1.29 is 21.6 Å². The zero-order valence-corrected chi connectivity index (χ0v) is 18.0. The van der Waals surface area contributed by atoms with Crippen molar-refractivity contribution in [3.63, 3.8) is 0 Å². The third kappa shape index (κ3) is 5.08. The summed E-state index contributed by atoms with van der Waals surface area (Å²) in [7, 11) is -1.37. The van der Waals surface area contributed by atoms with Crippen molar-refractivity contribution >= 4 is 10.0 Å². The highest BCUT2D eigenvalue weighted by Crippen LogP contribution is 2.32. The molecule has 0 amide bonds. The zero-order valence-electron chi connectivity index (χ0n) is 17.2. The molecule has 0 spiro atoms. The summed E-state index contributed by atoms with van der Waals surface area (Å²) in [6.45, 7) is 3.83. The van der Waals surface area contributed by atoms with Crippen LogP contribution >= 0.6 is 0 Å². The smallest absolute Gasteiger partial charge is 0.304 e.